The minimum absolute atomic E-state index is 0.145. The van der Waals surface area contributed by atoms with Gasteiger partial charge in [0.05, 0.1) is 6.10 Å². The van der Waals surface area contributed by atoms with Crippen molar-refractivity contribution in [3.63, 3.8) is 0 Å². The molecule has 8 nitrogen and oxygen atoms in total. The summed E-state index contributed by atoms with van der Waals surface area (Å²) in [6.45, 7) is 4.44. The minimum Gasteiger partial charge on any atom is -0.463 e. The van der Waals surface area contributed by atoms with Crippen molar-refractivity contribution >= 4 is 17.7 Å². The van der Waals surface area contributed by atoms with E-state index >= 15 is 0 Å². The second-order valence-electron chi connectivity index (χ2n) is 14.4. The fraction of sp³-hybridized carbons (Fsp3) is 0.434. The van der Waals surface area contributed by atoms with Crippen LogP contribution >= 0.6 is 0 Å². The Bertz CT molecular complexity index is 1760. The van der Waals surface area contributed by atoms with Crippen molar-refractivity contribution in [1.82, 2.24) is 9.55 Å². The van der Waals surface area contributed by atoms with Crippen molar-refractivity contribution in [2.45, 2.75) is 142 Å². The van der Waals surface area contributed by atoms with E-state index in [9.17, 15) is 14.4 Å². The van der Waals surface area contributed by atoms with Gasteiger partial charge in [-0.25, -0.2) is 4.79 Å². The number of carbonyl (C=O) groups is 2. The van der Waals surface area contributed by atoms with Crippen molar-refractivity contribution in [3.8, 4) is 0 Å². The molecule has 0 radical (unpaired) electrons. The summed E-state index contributed by atoms with van der Waals surface area (Å²) < 4.78 is 12.9. The van der Waals surface area contributed by atoms with Crippen LogP contribution in [0.3, 0.4) is 0 Å². The highest BCUT2D eigenvalue weighted by Crippen LogP contribution is 2.27. The average Bonchev–Trinajstić information content (AvgIpc) is 3.73. The van der Waals surface area contributed by atoms with E-state index in [4.69, 9.17) is 9.47 Å². The molecular formula is C53H73N3O5. The van der Waals surface area contributed by atoms with Gasteiger partial charge in [-0.15, -0.1) is 0 Å². The molecule has 2 rings (SSSR count). The van der Waals surface area contributed by atoms with Gasteiger partial charge in [0.25, 0.3) is 0 Å². The molecule has 2 atom stereocenters. The Morgan fingerprint density at radius 3 is 1.41 bits per heavy atom. The van der Waals surface area contributed by atoms with Crippen LogP contribution in [0.15, 0.2) is 163 Å². The lowest BCUT2D eigenvalue weighted by molar-refractivity contribution is -0.148. The van der Waals surface area contributed by atoms with E-state index in [1.807, 2.05) is 18.2 Å². The molecule has 0 spiro atoms. The van der Waals surface area contributed by atoms with Crippen LogP contribution in [-0.4, -0.2) is 34.1 Å². The molecule has 0 aliphatic carbocycles. The number of nitrogens with zero attached hydrogens (tertiary/aromatic N) is 2. The number of rotatable bonds is 32. The number of amides is 1. The lowest BCUT2D eigenvalue weighted by atomic mass is 10.2. The highest BCUT2D eigenvalue weighted by Gasteiger charge is 2.28. The molecule has 1 N–H and O–H groups in total. The van der Waals surface area contributed by atoms with Gasteiger partial charge in [0.1, 0.15) is 18.7 Å². The van der Waals surface area contributed by atoms with Crippen LogP contribution in [0.1, 0.15) is 136 Å². The molecule has 0 saturated carbocycles. The zero-order valence-corrected chi connectivity index (χ0v) is 37.0. The maximum atomic E-state index is 12.8. The topological polar surface area (TPSA) is 99.5 Å². The number of ether oxygens (including phenoxy) is 2. The lowest BCUT2D eigenvalue weighted by Gasteiger charge is -2.16. The molecule has 61 heavy (non-hydrogen) atoms. The van der Waals surface area contributed by atoms with Crippen molar-refractivity contribution in [3.05, 3.63) is 169 Å². The molecule has 1 fully saturated rings. The van der Waals surface area contributed by atoms with E-state index in [0.717, 1.165) is 77.0 Å². The van der Waals surface area contributed by atoms with Gasteiger partial charge in [0.15, 0.2) is 0 Å². The van der Waals surface area contributed by atoms with Crippen LogP contribution in [0.25, 0.3) is 0 Å². The van der Waals surface area contributed by atoms with Gasteiger partial charge in [0, 0.05) is 19.0 Å². The molecule has 1 amide bonds. The van der Waals surface area contributed by atoms with Gasteiger partial charge >= 0.3 is 11.7 Å². The third-order valence-corrected chi connectivity index (χ3v) is 9.17. The monoisotopic (exact) mass is 832 g/mol. The van der Waals surface area contributed by atoms with Gasteiger partial charge in [0.2, 0.25) is 5.91 Å². The van der Waals surface area contributed by atoms with E-state index < -0.39 is 11.9 Å². The van der Waals surface area contributed by atoms with Crippen LogP contribution in [0.2, 0.25) is 0 Å². The summed E-state index contributed by atoms with van der Waals surface area (Å²) in [4.78, 5) is 41.5. The minimum atomic E-state index is -0.506. The van der Waals surface area contributed by atoms with Crippen LogP contribution in [0.5, 0.6) is 0 Å². The summed E-state index contributed by atoms with van der Waals surface area (Å²) in [7, 11) is 0. The van der Waals surface area contributed by atoms with Gasteiger partial charge in [-0.2, -0.15) is 4.98 Å². The fourth-order valence-corrected chi connectivity index (χ4v) is 5.87. The smallest absolute Gasteiger partial charge is 0.351 e. The fourth-order valence-electron chi connectivity index (χ4n) is 5.87. The molecule has 330 valence electrons. The van der Waals surface area contributed by atoms with E-state index in [2.05, 4.69) is 152 Å². The van der Waals surface area contributed by atoms with E-state index in [0.29, 0.717) is 38.5 Å². The van der Waals surface area contributed by atoms with Gasteiger partial charge in [-0.3, -0.25) is 14.2 Å². The number of carbonyl (C=O) groups excluding carboxylic acids is 2. The molecule has 1 aliphatic rings. The van der Waals surface area contributed by atoms with E-state index in [1.165, 1.54) is 4.57 Å². The first-order valence-electron chi connectivity index (χ1n) is 22.5. The van der Waals surface area contributed by atoms with Crippen molar-refractivity contribution in [2.24, 2.45) is 0 Å². The maximum absolute atomic E-state index is 12.8. The normalized spacial score (nSPS) is 16.7. The van der Waals surface area contributed by atoms with Gasteiger partial charge in [-0.1, -0.05) is 160 Å². The predicted molar refractivity (Wildman–Crippen MR) is 256 cm³/mol. The zero-order chi connectivity index (χ0) is 43.7. The molecular weight excluding hydrogens is 759 g/mol. The van der Waals surface area contributed by atoms with E-state index in [1.54, 1.807) is 12.3 Å². The summed E-state index contributed by atoms with van der Waals surface area (Å²) in [5.74, 6) is -0.264. The molecule has 1 saturated heterocycles. The zero-order valence-electron chi connectivity index (χ0n) is 37.0. The summed E-state index contributed by atoms with van der Waals surface area (Å²) in [6.07, 6.45) is 67.0. The number of hydrogen-bond acceptors (Lipinski definition) is 6. The lowest BCUT2D eigenvalue weighted by Crippen LogP contribution is -2.28. The van der Waals surface area contributed by atoms with Crippen LogP contribution in [-0.2, 0) is 19.1 Å². The van der Waals surface area contributed by atoms with Gasteiger partial charge < -0.3 is 14.8 Å². The number of esters is 1. The predicted octanol–water partition coefficient (Wildman–Crippen LogP) is 13.4. The summed E-state index contributed by atoms with van der Waals surface area (Å²) >= 11 is 0. The van der Waals surface area contributed by atoms with Crippen molar-refractivity contribution in [2.75, 3.05) is 11.9 Å². The van der Waals surface area contributed by atoms with E-state index in [-0.39, 0.29) is 30.4 Å². The molecule has 1 aromatic heterocycles. The molecule has 2 heterocycles. The molecule has 8 heteroatoms. The molecule has 0 unspecified atom stereocenters. The molecule has 0 aromatic carbocycles. The average molecular weight is 832 g/mol. The highest BCUT2D eigenvalue weighted by atomic mass is 16.6. The number of anilines is 1. The Balaban J connectivity index is 1.52. The quantitative estimate of drug-likeness (QED) is 0.0573. The standard InChI is InChI=1S/C53H73N3O5/c1-3-5-7-9-11-13-15-17-19-21-23-25-27-29-31-33-35-37-39-41-50(57)54-49-45-46-56(53(59)55-49)51-44-43-48(61-51)47-60-52(58)42-40-38-36-34-32-30-28-26-24-22-20-18-16-14-12-10-8-6-4-2/h5-8,11-14,17-20,23-26,29-32,35-38,45-46,48,51H,3-4,9-10,15-16,21-22,27-28,33-34,39-44,47H2,1-2H3,(H,54,55,57,59)/t48-,51+/m0/s1. The van der Waals surface area contributed by atoms with Gasteiger partial charge in [-0.05, 0) is 109 Å². The van der Waals surface area contributed by atoms with Crippen molar-refractivity contribution in [1.29, 1.82) is 0 Å². The SMILES string of the molecule is CCC=CCC=CCC=CCC=CCC=CCC=CCCC(=O)Nc1ccn([C@H]2CC[C@@H](COC(=O)CCC=CCC=CCC=CCC=CCC=CCC=CCC)O2)c(=O)n1. The Morgan fingerprint density at radius 1 is 0.607 bits per heavy atom. The first-order chi connectivity index (χ1) is 30.0. The third kappa shape index (κ3) is 29.5. The maximum Gasteiger partial charge on any atom is 0.351 e. The second-order valence-corrected chi connectivity index (χ2v) is 14.4. The third-order valence-electron chi connectivity index (χ3n) is 9.17. The first kappa shape index (κ1) is 51.8. The molecule has 1 aromatic rings. The van der Waals surface area contributed by atoms with Crippen molar-refractivity contribution < 1.29 is 19.1 Å². The Labute approximate surface area is 367 Å². The van der Waals surface area contributed by atoms with Crippen LogP contribution in [0.4, 0.5) is 5.82 Å². The number of hydrogen-bond donors (Lipinski definition) is 1. The summed E-state index contributed by atoms with van der Waals surface area (Å²) in [5.41, 5.74) is -0.506. The first-order valence-corrected chi connectivity index (χ1v) is 22.5. The number of aromatic nitrogens is 2. The molecule has 0 bridgehead atoms. The van der Waals surface area contributed by atoms with Crippen LogP contribution in [0, 0.1) is 0 Å². The van der Waals surface area contributed by atoms with Crippen LogP contribution < -0.4 is 11.0 Å². The highest BCUT2D eigenvalue weighted by molar-refractivity contribution is 5.89. The second kappa shape index (κ2) is 37.6. The summed E-state index contributed by atoms with van der Waals surface area (Å²) in [5, 5.41) is 2.71. The summed E-state index contributed by atoms with van der Waals surface area (Å²) in [6, 6.07) is 1.60. The Morgan fingerprint density at radius 2 is 1.00 bits per heavy atom. The largest absolute Gasteiger partial charge is 0.463 e. The Kier molecular flexibility index (Phi) is 32.0. The Hall–Kier alpha value is -5.34. The molecule has 1 aliphatic heterocycles. The number of allylic oxidation sites excluding steroid dienone is 24. The number of nitrogens with one attached hydrogen (secondary N) is 1.